The van der Waals surface area contributed by atoms with E-state index in [-0.39, 0.29) is 6.04 Å². The molecule has 0 aliphatic rings. The first-order valence-corrected chi connectivity index (χ1v) is 6.33. The Labute approximate surface area is 108 Å². The third-order valence-electron chi connectivity index (χ3n) is 3.09. The Balaban J connectivity index is 2.18. The molecular formula is C14H20N4. The van der Waals surface area contributed by atoms with Crippen LogP contribution in [0.2, 0.25) is 0 Å². The van der Waals surface area contributed by atoms with Crippen molar-refractivity contribution in [2.24, 2.45) is 7.05 Å². The van der Waals surface area contributed by atoms with Gasteiger partial charge in [-0.15, -0.1) is 0 Å². The van der Waals surface area contributed by atoms with Crippen LogP contribution in [0.3, 0.4) is 0 Å². The lowest BCUT2D eigenvalue weighted by atomic mass is 10.1. The van der Waals surface area contributed by atoms with Gasteiger partial charge < -0.3 is 9.88 Å². The van der Waals surface area contributed by atoms with Crippen LogP contribution in [-0.4, -0.2) is 21.1 Å². The molecule has 0 fully saturated rings. The van der Waals surface area contributed by atoms with Crippen molar-refractivity contribution >= 4 is 0 Å². The van der Waals surface area contributed by atoms with Gasteiger partial charge in [-0.2, -0.15) is 0 Å². The number of hydrogen-bond acceptors (Lipinski definition) is 3. The summed E-state index contributed by atoms with van der Waals surface area (Å²) < 4.78 is 2.06. The van der Waals surface area contributed by atoms with Crippen LogP contribution < -0.4 is 5.32 Å². The maximum atomic E-state index is 4.38. The van der Waals surface area contributed by atoms with Gasteiger partial charge in [-0.3, -0.25) is 4.98 Å². The van der Waals surface area contributed by atoms with E-state index in [4.69, 9.17) is 0 Å². The van der Waals surface area contributed by atoms with Crippen molar-refractivity contribution < 1.29 is 0 Å². The molecule has 1 unspecified atom stereocenters. The fraction of sp³-hybridized carbons (Fsp3) is 0.429. The summed E-state index contributed by atoms with van der Waals surface area (Å²) in [5, 5.41) is 3.49. The number of imidazole rings is 1. The van der Waals surface area contributed by atoms with Crippen molar-refractivity contribution in [2.75, 3.05) is 6.54 Å². The van der Waals surface area contributed by atoms with Crippen molar-refractivity contribution in [1.29, 1.82) is 0 Å². The van der Waals surface area contributed by atoms with Crippen LogP contribution in [0.25, 0.3) is 0 Å². The molecule has 96 valence electrons. The van der Waals surface area contributed by atoms with Gasteiger partial charge in [-0.25, -0.2) is 4.98 Å². The predicted molar refractivity (Wildman–Crippen MR) is 72.3 cm³/mol. The fourth-order valence-corrected chi connectivity index (χ4v) is 2.02. The lowest BCUT2D eigenvalue weighted by Crippen LogP contribution is -2.24. The minimum atomic E-state index is 0.268. The highest BCUT2D eigenvalue weighted by atomic mass is 15.0. The number of rotatable bonds is 5. The van der Waals surface area contributed by atoms with Crippen molar-refractivity contribution in [3.05, 3.63) is 47.8 Å². The minimum Gasteiger partial charge on any atom is -0.338 e. The lowest BCUT2D eigenvalue weighted by molar-refractivity contribution is 0.527. The zero-order chi connectivity index (χ0) is 13.0. The second-order valence-electron chi connectivity index (χ2n) is 4.50. The van der Waals surface area contributed by atoms with Crippen LogP contribution in [-0.2, 0) is 13.5 Å². The Morgan fingerprint density at radius 1 is 1.33 bits per heavy atom. The van der Waals surface area contributed by atoms with Crippen LogP contribution in [0.4, 0.5) is 0 Å². The molecule has 0 aliphatic carbocycles. The summed E-state index contributed by atoms with van der Waals surface area (Å²) in [6, 6.07) is 4.46. The van der Waals surface area contributed by atoms with Crippen molar-refractivity contribution in [3.63, 3.8) is 0 Å². The molecule has 0 saturated heterocycles. The molecule has 0 aliphatic heterocycles. The topological polar surface area (TPSA) is 42.7 Å². The first-order valence-electron chi connectivity index (χ1n) is 6.33. The normalized spacial score (nSPS) is 12.6. The molecule has 2 aromatic rings. The molecule has 0 saturated carbocycles. The van der Waals surface area contributed by atoms with E-state index in [0.29, 0.717) is 0 Å². The van der Waals surface area contributed by atoms with Crippen LogP contribution in [0.5, 0.6) is 0 Å². The highest BCUT2D eigenvalue weighted by Gasteiger charge is 2.13. The molecule has 4 heteroatoms. The van der Waals surface area contributed by atoms with Gasteiger partial charge in [-0.1, -0.05) is 13.0 Å². The minimum absolute atomic E-state index is 0.268. The maximum absolute atomic E-state index is 4.38. The van der Waals surface area contributed by atoms with E-state index in [2.05, 4.69) is 38.9 Å². The van der Waals surface area contributed by atoms with Crippen molar-refractivity contribution in [1.82, 2.24) is 19.9 Å². The van der Waals surface area contributed by atoms with Crippen molar-refractivity contribution in [2.45, 2.75) is 26.3 Å². The molecule has 0 spiro atoms. The molecule has 0 bridgehead atoms. The average Bonchev–Trinajstić information content (AvgIpc) is 2.76. The summed E-state index contributed by atoms with van der Waals surface area (Å²) >= 11 is 0. The van der Waals surface area contributed by atoms with Crippen LogP contribution in [0.1, 0.15) is 30.0 Å². The third-order valence-corrected chi connectivity index (χ3v) is 3.09. The Hall–Kier alpha value is -1.68. The predicted octanol–water partition coefficient (Wildman–Crippen LogP) is 2.02. The second kappa shape index (κ2) is 5.78. The molecule has 2 aromatic heterocycles. The van der Waals surface area contributed by atoms with Gasteiger partial charge in [0.05, 0.1) is 0 Å². The molecule has 1 atom stereocenters. The Kier molecular flexibility index (Phi) is 4.10. The molecule has 0 radical (unpaired) electrons. The molecular weight excluding hydrogens is 224 g/mol. The quantitative estimate of drug-likeness (QED) is 0.875. The number of hydrogen-bond donors (Lipinski definition) is 1. The Morgan fingerprint density at radius 3 is 2.72 bits per heavy atom. The zero-order valence-corrected chi connectivity index (χ0v) is 11.2. The number of likely N-dealkylation sites (N-methyl/N-ethyl adjacent to an activating group) is 1. The standard InChI is InChI=1S/C14H20N4/c1-4-15-13(9-14-16-7-8-18(14)3)12-6-5-11(2)17-10-12/h5-8,10,13,15H,4,9H2,1-3H3. The number of pyridine rings is 1. The summed E-state index contributed by atoms with van der Waals surface area (Å²) in [7, 11) is 2.03. The molecule has 18 heavy (non-hydrogen) atoms. The first-order chi connectivity index (χ1) is 8.70. The SMILES string of the molecule is CCNC(Cc1nccn1C)c1ccc(C)nc1. The van der Waals surface area contributed by atoms with Gasteiger partial charge in [0.2, 0.25) is 0 Å². The molecule has 2 heterocycles. The van der Waals surface area contributed by atoms with E-state index in [1.165, 1.54) is 5.56 Å². The summed E-state index contributed by atoms with van der Waals surface area (Å²) in [5.74, 6) is 1.08. The van der Waals surface area contributed by atoms with Crippen molar-refractivity contribution in [3.8, 4) is 0 Å². The average molecular weight is 244 g/mol. The van der Waals surface area contributed by atoms with Crippen LogP contribution >= 0.6 is 0 Å². The van der Waals surface area contributed by atoms with Crippen LogP contribution in [0, 0.1) is 6.92 Å². The van der Waals surface area contributed by atoms with E-state index < -0.39 is 0 Å². The van der Waals surface area contributed by atoms with Crippen LogP contribution in [0.15, 0.2) is 30.7 Å². The zero-order valence-electron chi connectivity index (χ0n) is 11.2. The van der Waals surface area contributed by atoms with Gasteiger partial charge >= 0.3 is 0 Å². The van der Waals surface area contributed by atoms with E-state index >= 15 is 0 Å². The van der Waals surface area contributed by atoms with Gasteiger partial charge in [0.1, 0.15) is 5.82 Å². The molecule has 2 rings (SSSR count). The molecule has 0 aromatic carbocycles. The van der Waals surface area contributed by atoms with Gasteiger partial charge in [0.25, 0.3) is 0 Å². The van der Waals surface area contributed by atoms with Gasteiger partial charge in [-0.05, 0) is 25.1 Å². The third kappa shape index (κ3) is 2.96. The monoisotopic (exact) mass is 244 g/mol. The fourth-order valence-electron chi connectivity index (χ4n) is 2.02. The Morgan fingerprint density at radius 2 is 2.17 bits per heavy atom. The first kappa shape index (κ1) is 12.8. The van der Waals surface area contributed by atoms with Gasteiger partial charge in [0, 0.05) is 43.8 Å². The number of nitrogens with one attached hydrogen (secondary N) is 1. The smallest absolute Gasteiger partial charge is 0.110 e. The second-order valence-corrected chi connectivity index (χ2v) is 4.50. The maximum Gasteiger partial charge on any atom is 0.110 e. The summed E-state index contributed by atoms with van der Waals surface area (Å²) in [5.41, 5.74) is 2.26. The summed E-state index contributed by atoms with van der Waals surface area (Å²) in [4.78, 5) is 8.75. The summed E-state index contributed by atoms with van der Waals surface area (Å²) in [6.45, 7) is 5.06. The largest absolute Gasteiger partial charge is 0.338 e. The number of aromatic nitrogens is 3. The van der Waals surface area contributed by atoms with E-state index in [0.717, 1.165) is 24.5 Å². The summed E-state index contributed by atoms with van der Waals surface area (Å²) in [6.07, 6.45) is 6.64. The van der Waals surface area contributed by atoms with Gasteiger partial charge in [0.15, 0.2) is 0 Å². The highest BCUT2D eigenvalue weighted by molar-refractivity contribution is 5.18. The van der Waals surface area contributed by atoms with E-state index in [9.17, 15) is 0 Å². The molecule has 4 nitrogen and oxygen atoms in total. The lowest BCUT2D eigenvalue weighted by Gasteiger charge is -2.18. The number of nitrogens with zero attached hydrogens (tertiary/aromatic N) is 3. The van der Waals surface area contributed by atoms with E-state index in [1.807, 2.05) is 32.6 Å². The Bertz CT molecular complexity index is 487. The highest BCUT2D eigenvalue weighted by Crippen LogP contribution is 2.16. The van der Waals surface area contributed by atoms with E-state index in [1.54, 1.807) is 0 Å². The molecule has 0 amide bonds. The number of aryl methyl sites for hydroxylation is 2. The molecule has 1 N–H and O–H groups in total.